The Bertz CT molecular complexity index is 1260. The van der Waals surface area contributed by atoms with Gasteiger partial charge in [-0.05, 0) is 93.7 Å². The van der Waals surface area contributed by atoms with Gasteiger partial charge in [0.25, 0.3) is 5.92 Å². The van der Waals surface area contributed by atoms with Crippen molar-refractivity contribution in [2.75, 3.05) is 25.9 Å². The monoisotopic (exact) mass is 573 g/mol. The summed E-state index contributed by atoms with van der Waals surface area (Å²) in [7, 11) is -3.28. The third-order valence-electron chi connectivity index (χ3n) is 7.17. The van der Waals surface area contributed by atoms with E-state index in [1.807, 2.05) is 13.0 Å². The lowest BCUT2D eigenvalue weighted by atomic mass is 9.77. The van der Waals surface area contributed by atoms with E-state index in [2.05, 4.69) is 14.9 Å². The van der Waals surface area contributed by atoms with E-state index in [4.69, 9.17) is 11.6 Å². The van der Waals surface area contributed by atoms with Gasteiger partial charge in [0.05, 0.1) is 11.7 Å². The average molecular weight is 574 g/mol. The Labute approximate surface area is 228 Å². The van der Waals surface area contributed by atoms with Crippen LogP contribution in [-0.2, 0) is 32.7 Å². The van der Waals surface area contributed by atoms with Crippen molar-refractivity contribution in [1.82, 2.24) is 14.9 Å². The molecule has 11 heteroatoms. The molecule has 2 aromatic carbocycles. The molecule has 2 N–H and O–H groups in total. The van der Waals surface area contributed by atoms with Crippen LogP contribution < -0.4 is 10.0 Å². The maximum atomic E-state index is 14.1. The zero-order valence-electron chi connectivity index (χ0n) is 22.1. The van der Waals surface area contributed by atoms with Crippen molar-refractivity contribution in [3.05, 3.63) is 69.5 Å². The molecule has 0 aliphatic carbocycles. The largest absolute Gasteiger partial charge is 0.351 e. The summed E-state index contributed by atoms with van der Waals surface area (Å²) < 4.78 is 67.8. The molecule has 1 aliphatic rings. The molecule has 1 amide bonds. The highest BCUT2D eigenvalue weighted by Gasteiger charge is 2.37. The number of aryl methyl sites for hydroxylation is 1. The minimum Gasteiger partial charge on any atom is -0.351 e. The number of alkyl halides is 2. The van der Waals surface area contributed by atoms with E-state index in [9.17, 15) is 26.4 Å². The molecule has 1 unspecified atom stereocenters. The lowest BCUT2D eigenvalue weighted by molar-refractivity contribution is -0.126. The summed E-state index contributed by atoms with van der Waals surface area (Å²) in [6, 6.07) is 8.28. The molecule has 3 rings (SSSR count). The van der Waals surface area contributed by atoms with Gasteiger partial charge in [-0.1, -0.05) is 23.7 Å². The lowest BCUT2D eigenvalue weighted by Gasteiger charge is -2.36. The summed E-state index contributed by atoms with van der Waals surface area (Å²) in [5.41, 5.74) is 0.175. The molecular formula is C27H35ClF3N3O3S. The molecule has 2 aromatic rings. The number of carbonyl (C=O) groups is 1. The Balaban J connectivity index is 1.78. The Morgan fingerprint density at radius 1 is 1.13 bits per heavy atom. The highest BCUT2D eigenvalue weighted by Crippen LogP contribution is 2.33. The van der Waals surface area contributed by atoms with Crippen LogP contribution in [0.3, 0.4) is 0 Å². The lowest BCUT2D eigenvalue weighted by Crippen LogP contribution is -2.47. The van der Waals surface area contributed by atoms with Gasteiger partial charge >= 0.3 is 0 Å². The van der Waals surface area contributed by atoms with E-state index < -0.39 is 27.2 Å². The van der Waals surface area contributed by atoms with Gasteiger partial charge in [0.15, 0.2) is 0 Å². The molecule has 1 aliphatic heterocycles. The van der Waals surface area contributed by atoms with Crippen LogP contribution in [0.1, 0.15) is 55.4 Å². The van der Waals surface area contributed by atoms with Gasteiger partial charge in [-0.25, -0.2) is 26.3 Å². The molecule has 0 spiro atoms. The molecule has 38 heavy (non-hydrogen) atoms. The Kier molecular flexibility index (Phi) is 9.55. The normalized spacial score (nSPS) is 17.3. The van der Waals surface area contributed by atoms with Gasteiger partial charge < -0.3 is 10.2 Å². The molecule has 6 nitrogen and oxygen atoms in total. The second kappa shape index (κ2) is 11.9. The van der Waals surface area contributed by atoms with Crippen molar-refractivity contribution in [2.45, 2.75) is 64.0 Å². The standard InChI is InChI=1S/C27H35ClF3N3O3S/c1-18-15-20(5-8-24(18)28)26(2,11-14-34-12-9-22(10-13-34)33-38(4,36)37)25(35)32-17-19-16-21(29)6-7-23(19)27(3,30)31/h5-8,15-16,22,33H,9-14,17H2,1-4H3,(H,32,35). The van der Waals surface area contributed by atoms with Crippen LogP contribution in [0.25, 0.3) is 0 Å². The third kappa shape index (κ3) is 7.94. The first-order valence-electron chi connectivity index (χ1n) is 12.5. The molecule has 0 radical (unpaired) electrons. The summed E-state index contributed by atoms with van der Waals surface area (Å²) in [6.45, 7) is 6.03. The molecule has 1 heterocycles. The van der Waals surface area contributed by atoms with E-state index in [0.29, 0.717) is 43.9 Å². The summed E-state index contributed by atoms with van der Waals surface area (Å²) >= 11 is 6.22. The number of amides is 1. The van der Waals surface area contributed by atoms with Crippen LogP contribution in [0.2, 0.25) is 5.02 Å². The Hall–Kier alpha value is -2.14. The first kappa shape index (κ1) is 30.4. The SMILES string of the molecule is Cc1cc(C(C)(CCN2CCC(NS(C)(=O)=O)CC2)C(=O)NCc2cc(F)ccc2C(C)(F)F)ccc1Cl. The average Bonchev–Trinajstić information content (AvgIpc) is 2.81. The summed E-state index contributed by atoms with van der Waals surface area (Å²) in [6.07, 6.45) is 2.88. The van der Waals surface area contributed by atoms with Gasteiger partial charge in [0.1, 0.15) is 5.82 Å². The maximum absolute atomic E-state index is 14.1. The van der Waals surface area contributed by atoms with Crippen LogP contribution in [0.15, 0.2) is 36.4 Å². The number of likely N-dealkylation sites (tertiary alicyclic amines) is 1. The molecule has 210 valence electrons. The van der Waals surface area contributed by atoms with Gasteiger partial charge in [0.2, 0.25) is 15.9 Å². The second-order valence-electron chi connectivity index (χ2n) is 10.4. The van der Waals surface area contributed by atoms with Crippen molar-refractivity contribution in [1.29, 1.82) is 0 Å². The van der Waals surface area contributed by atoms with E-state index >= 15 is 0 Å². The number of benzene rings is 2. The smallest absolute Gasteiger partial charge is 0.270 e. The number of rotatable bonds is 10. The first-order valence-corrected chi connectivity index (χ1v) is 14.8. The zero-order valence-corrected chi connectivity index (χ0v) is 23.7. The quantitative estimate of drug-likeness (QED) is 0.425. The van der Waals surface area contributed by atoms with Gasteiger partial charge in [-0.3, -0.25) is 4.79 Å². The molecule has 0 bridgehead atoms. The zero-order chi connectivity index (χ0) is 28.3. The minimum atomic E-state index is -3.28. The van der Waals surface area contributed by atoms with E-state index in [1.54, 1.807) is 19.1 Å². The van der Waals surface area contributed by atoms with Crippen LogP contribution in [-0.4, -0.2) is 51.2 Å². The molecule has 0 saturated carbocycles. The number of carbonyl (C=O) groups excluding carboxylic acids is 1. The summed E-state index contributed by atoms with van der Waals surface area (Å²) in [5, 5.41) is 3.33. The number of sulfonamides is 1. The Morgan fingerprint density at radius 2 is 1.79 bits per heavy atom. The summed E-state index contributed by atoms with van der Waals surface area (Å²) in [4.78, 5) is 15.8. The topological polar surface area (TPSA) is 78.5 Å². The van der Waals surface area contributed by atoms with Crippen molar-refractivity contribution in [3.63, 3.8) is 0 Å². The van der Waals surface area contributed by atoms with E-state index in [0.717, 1.165) is 42.5 Å². The van der Waals surface area contributed by atoms with Crippen LogP contribution in [0, 0.1) is 12.7 Å². The van der Waals surface area contributed by atoms with Crippen LogP contribution >= 0.6 is 11.6 Å². The fourth-order valence-corrected chi connectivity index (χ4v) is 5.80. The number of nitrogens with one attached hydrogen (secondary N) is 2. The van der Waals surface area contributed by atoms with Crippen molar-refractivity contribution < 1.29 is 26.4 Å². The number of hydrogen-bond acceptors (Lipinski definition) is 4. The highest BCUT2D eigenvalue weighted by atomic mass is 35.5. The van der Waals surface area contributed by atoms with Crippen LogP contribution in [0.5, 0.6) is 0 Å². The predicted octanol–water partition coefficient (Wildman–Crippen LogP) is 4.88. The fraction of sp³-hybridized carbons (Fsp3) is 0.519. The van der Waals surface area contributed by atoms with Crippen molar-refractivity contribution in [2.24, 2.45) is 0 Å². The second-order valence-corrected chi connectivity index (χ2v) is 12.6. The van der Waals surface area contributed by atoms with Gasteiger partial charge in [-0.2, -0.15) is 0 Å². The van der Waals surface area contributed by atoms with Gasteiger partial charge in [-0.15, -0.1) is 0 Å². The molecule has 1 atom stereocenters. The van der Waals surface area contributed by atoms with Crippen molar-refractivity contribution in [3.8, 4) is 0 Å². The first-order chi connectivity index (χ1) is 17.6. The van der Waals surface area contributed by atoms with E-state index in [-0.39, 0.29) is 29.6 Å². The number of halogens is 4. The minimum absolute atomic E-state index is 0.0148. The van der Waals surface area contributed by atoms with Gasteiger partial charge in [0, 0.05) is 30.1 Å². The predicted molar refractivity (Wildman–Crippen MR) is 143 cm³/mol. The van der Waals surface area contributed by atoms with Crippen LogP contribution in [0.4, 0.5) is 13.2 Å². The van der Waals surface area contributed by atoms with E-state index in [1.165, 1.54) is 0 Å². The maximum Gasteiger partial charge on any atom is 0.270 e. The molecule has 1 fully saturated rings. The number of hydrogen-bond donors (Lipinski definition) is 2. The summed E-state index contributed by atoms with van der Waals surface area (Å²) in [5.74, 6) is -4.22. The molecule has 0 aromatic heterocycles. The van der Waals surface area contributed by atoms with Crippen molar-refractivity contribution >= 4 is 27.5 Å². The third-order valence-corrected chi connectivity index (χ3v) is 8.36. The fourth-order valence-electron chi connectivity index (χ4n) is 4.84. The molecule has 1 saturated heterocycles. The number of nitrogens with zero attached hydrogens (tertiary/aromatic N) is 1. The highest BCUT2D eigenvalue weighted by molar-refractivity contribution is 7.88. The number of piperidine rings is 1. The Morgan fingerprint density at radius 3 is 2.37 bits per heavy atom. The molecular weight excluding hydrogens is 539 g/mol.